The van der Waals surface area contributed by atoms with E-state index in [1.165, 1.54) is 0 Å². The lowest BCUT2D eigenvalue weighted by Gasteiger charge is -2.23. The predicted molar refractivity (Wildman–Crippen MR) is 83.9 cm³/mol. The average Bonchev–Trinajstić information content (AvgIpc) is 2.74. The summed E-state index contributed by atoms with van der Waals surface area (Å²) in [7, 11) is 0. The molecule has 4 heteroatoms. The van der Waals surface area contributed by atoms with Crippen LogP contribution >= 0.6 is 0 Å². The highest BCUT2D eigenvalue weighted by Gasteiger charge is 2.23. The van der Waals surface area contributed by atoms with Gasteiger partial charge < -0.3 is 15.0 Å². The Labute approximate surface area is 125 Å². The first-order valence-electron chi connectivity index (χ1n) is 7.03. The van der Waals surface area contributed by atoms with E-state index in [9.17, 15) is 9.90 Å². The molecule has 0 bridgehead atoms. The molecule has 0 aliphatic rings. The van der Waals surface area contributed by atoms with Crippen LogP contribution in [0.15, 0.2) is 36.4 Å². The highest BCUT2D eigenvalue weighted by Crippen LogP contribution is 2.21. The molecule has 2 N–H and O–H groups in total. The van der Waals surface area contributed by atoms with Crippen LogP contribution in [0, 0.1) is 13.8 Å². The number of rotatable bonds is 4. The summed E-state index contributed by atoms with van der Waals surface area (Å²) in [4.78, 5) is 12.4. The highest BCUT2D eigenvalue weighted by molar-refractivity contribution is 5.96. The number of amides is 1. The molecular weight excluding hydrogens is 264 g/mol. The first-order chi connectivity index (χ1) is 9.85. The van der Waals surface area contributed by atoms with E-state index in [1.54, 1.807) is 13.8 Å². The van der Waals surface area contributed by atoms with E-state index in [0.717, 1.165) is 17.1 Å². The van der Waals surface area contributed by atoms with Crippen LogP contribution in [0.3, 0.4) is 0 Å². The van der Waals surface area contributed by atoms with Crippen LogP contribution in [0.5, 0.6) is 0 Å². The summed E-state index contributed by atoms with van der Waals surface area (Å²) < 4.78 is 2.06. The van der Waals surface area contributed by atoms with E-state index in [-0.39, 0.29) is 12.5 Å². The number of aliphatic hydroxyl groups is 1. The van der Waals surface area contributed by atoms with Gasteiger partial charge in [0.2, 0.25) is 0 Å². The Hall–Kier alpha value is -2.07. The van der Waals surface area contributed by atoms with Gasteiger partial charge in [-0.1, -0.05) is 18.2 Å². The van der Waals surface area contributed by atoms with Crippen molar-refractivity contribution >= 4 is 5.91 Å². The van der Waals surface area contributed by atoms with Gasteiger partial charge in [0, 0.05) is 17.1 Å². The van der Waals surface area contributed by atoms with Crippen LogP contribution in [-0.4, -0.2) is 27.7 Å². The van der Waals surface area contributed by atoms with Crippen molar-refractivity contribution in [2.75, 3.05) is 6.61 Å². The summed E-state index contributed by atoms with van der Waals surface area (Å²) >= 11 is 0. The smallest absolute Gasteiger partial charge is 0.253 e. The number of hydrogen-bond donors (Lipinski definition) is 2. The fourth-order valence-corrected chi connectivity index (χ4v) is 2.38. The molecule has 1 aromatic heterocycles. The summed E-state index contributed by atoms with van der Waals surface area (Å²) in [5.41, 5.74) is 2.94. The number of aromatic nitrogens is 1. The molecule has 0 radical (unpaired) electrons. The van der Waals surface area contributed by atoms with Gasteiger partial charge in [0.05, 0.1) is 17.7 Å². The van der Waals surface area contributed by atoms with Crippen molar-refractivity contribution in [3.63, 3.8) is 0 Å². The molecule has 2 rings (SSSR count). The molecule has 2 aromatic rings. The zero-order valence-electron chi connectivity index (χ0n) is 13.0. The van der Waals surface area contributed by atoms with Crippen LogP contribution in [0.1, 0.15) is 35.6 Å². The maximum Gasteiger partial charge on any atom is 0.253 e. The van der Waals surface area contributed by atoms with Gasteiger partial charge in [0.1, 0.15) is 0 Å². The first kappa shape index (κ1) is 15.3. The number of hydrogen-bond acceptors (Lipinski definition) is 2. The Morgan fingerprint density at radius 3 is 2.43 bits per heavy atom. The molecule has 1 amide bonds. The number of carbonyl (C=O) groups is 1. The number of aliphatic hydroxyl groups excluding tert-OH is 1. The molecular formula is C17H22N2O2. The quantitative estimate of drug-likeness (QED) is 0.907. The van der Waals surface area contributed by atoms with Crippen molar-refractivity contribution in [3.8, 4) is 5.69 Å². The standard InChI is InChI=1S/C17H22N2O2/c1-12-10-15(16(21)18-17(3,4)11-20)13(2)19(12)14-8-6-5-7-9-14/h5-10,20H,11H2,1-4H3,(H,18,21). The first-order valence-corrected chi connectivity index (χ1v) is 7.03. The van der Waals surface area contributed by atoms with Crippen molar-refractivity contribution in [2.45, 2.75) is 33.2 Å². The average molecular weight is 286 g/mol. The molecule has 21 heavy (non-hydrogen) atoms. The minimum Gasteiger partial charge on any atom is -0.394 e. The summed E-state index contributed by atoms with van der Waals surface area (Å²) in [5, 5.41) is 12.1. The summed E-state index contributed by atoms with van der Waals surface area (Å²) in [6.45, 7) is 7.40. The van der Waals surface area contributed by atoms with Gasteiger partial charge in [-0.25, -0.2) is 0 Å². The molecule has 0 aliphatic heterocycles. The molecule has 1 heterocycles. The lowest BCUT2D eigenvalue weighted by molar-refractivity contribution is 0.0868. The predicted octanol–water partition coefficient (Wildman–Crippen LogP) is 2.59. The van der Waals surface area contributed by atoms with Crippen molar-refractivity contribution < 1.29 is 9.90 Å². The second-order valence-electron chi connectivity index (χ2n) is 5.95. The maximum atomic E-state index is 12.4. The van der Waals surface area contributed by atoms with Gasteiger partial charge >= 0.3 is 0 Å². The lowest BCUT2D eigenvalue weighted by Crippen LogP contribution is -2.46. The minimum absolute atomic E-state index is 0.101. The van der Waals surface area contributed by atoms with Crippen LogP contribution < -0.4 is 5.32 Å². The normalized spacial score (nSPS) is 11.5. The fraction of sp³-hybridized carbons (Fsp3) is 0.353. The van der Waals surface area contributed by atoms with Crippen LogP contribution in [0.25, 0.3) is 5.69 Å². The fourth-order valence-electron chi connectivity index (χ4n) is 2.38. The molecule has 112 valence electrons. The molecule has 0 unspecified atom stereocenters. The van der Waals surface area contributed by atoms with E-state index in [4.69, 9.17) is 0 Å². The number of nitrogens with zero attached hydrogens (tertiary/aromatic N) is 1. The lowest BCUT2D eigenvalue weighted by atomic mass is 10.1. The molecule has 1 aromatic carbocycles. The monoisotopic (exact) mass is 286 g/mol. The van der Waals surface area contributed by atoms with Gasteiger partial charge in [-0.3, -0.25) is 4.79 Å². The maximum absolute atomic E-state index is 12.4. The number of benzene rings is 1. The number of para-hydroxylation sites is 1. The summed E-state index contributed by atoms with van der Waals surface area (Å²) in [6.07, 6.45) is 0. The SMILES string of the molecule is Cc1cc(C(=O)NC(C)(C)CO)c(C)n1-c1ccccc1. The van der Waals surface area contributed by atoms with Crippen molar-refractivity contribution in [1.82, 2.24) is 9.88 Å². The van der Waals surface area contributed by atoms with Crippen molar-refractivity contribution in [1.29, 1.82) is 0 Å². The topological polar surface area (TPSA) is 54.3 Å². The van der Waals surface area contributed by atoms with Gasteiger partial charge in [0.25, 0.3) is 5.91 Å². The zero-order valence-corrected chi connectivity index (χ0v) is 13.0. The van der Waals surface area contributed by atoms with Crippen LogP contribution in [-0.2, 0) is 0 Å². The minimum atomic E-state index is -0.633. The third-order valence-electron chi connectivity index (χ3n) is 3.54. The van der Waals surface area contributed by atoms with E-state index in [2.05, 4.69) is 9.88 Å². The second kappa shape index (κ2) is 5.74. The van der Waals surface area contributed by atoms with Crippen molar-refractivity contribution in [3.05, 3.63) is 53.3 Å². The number of carbonyl (C=O) groups excluding carboxylic acids is 1. The number of aryl methyl sites for hydroxylation is 1. The van der Waals surface area contributed by atoms with Gasteiger partial charge in [-0.15, -0.1) is 0 Å². The third kappa shape index (κ3) is 3.16. The largest absolute Gasteiger partial charge is 0.394 e. The zero-order chi connectivity index (χ0) is 15.6. The Bertz CT molecular complexity index is 642. The third-order valence-corrected chi connectivity index (χ3v) is 3.54. The van der Waals surface area contributed by atoms with Crippen LogP contribution in [0.4, 0.5) is 0 Å². The molecule has 4 nitrogen and oxygen atoms in total. The van der Waals surface area contributed by atoms with Gasteiger partial charge in [0.15, 0.2) is 0 Å². The second-order valence-corrected chi connectivity index (χ2v) is 5.95. The Balaban J connectivity index is 2.38. The van der Waals surface area contributed by atoms with E-state index in [0.29, 0.717) is 5.56 Å². The molecule has 0 saturated carbocycles. The molecule has 0 fully saturated rings. The molecule has 0 spiro atoms. The van der Waals surface area contributed by atoms with E-state index >= 15 is 0 Å². The summed E-state index contributed by atoms with van der Waals surface area (Å²) in [6, 6.07) is 11.8. The van der Waals surface area contributed by atoms with E-state index in [1.807, 2.05) is 50.2 Å². The van der Waals surface area contributed by atoms with Crippen molar-refractivity contribution in [2.24, 2.45) is 0 Å². The number of nitrogens with one attached hydrogen (secondary N) is 1. The Morgan fingerprint density at radius 1 is 1.24 bits per heavy atom. The molecule has 0 aliphatic carbocycles. The molecule has 0 saturated heterocycles. The van der Waals surface area contributed by atoms with Crippen LogP contribution in [0.2, 0.25) is 0 Å². The highest BCUT2D eigenvalue weighted by atomic mass is 16.3. The Kier molecular flexibility index (Phi) is 4.19. The van der Waals surface area contributed by atoms with Gasteiger partial charge in [-0.2, -0.15) is 0 Å². The molecule has 0 atom stereocenters. The Morgan fingerprint density at radius 2 is 1.86 bits per heavy atom. The summed E-state index contributed by atoms with van der Waals surface area (Å²) in [5.74, 6) is -0.163. The van der Waals surface area contributed by atoms with Gasteiger partial charge in [-0.05, 0) is 45.9 Å². The van der Waals surface area contributed by atoms with E-state index < -0.39 is 5.54 Å².